The van der Waals surface area contributed by atoms with Crippen LogP contribution in [0.5, 0.6) is 0 Å². The SMILES string of the molecule is C=C(C)c1cc(=O)n(CC2(O)CCN(C(=O)C[C@@H](C)c3ccccc3)CC2)cn1. The Kier molecular flexibility index (Phi) is 6.33. The van der Waals surface area contributed by atoms with Crippen molar-refractivity contribution in [2.45, 2.75) is 51.2 Å². The van der Waals surface area contributed by atoms with E-state index in [0.717, 1.165) is 11.1 Å². The standard InChI is InChI=1S/C23H29N3O3/c1-17(2)20-14-22(28)26(16-24-20)15-23(29)9-11-25(12-10-23)21(27)13-18(3)19-7-5-4-6-8-19/h4-8,14,16,18,29H,1,9-13,15H2,2-3H3/t18-/m1/s1. The fourth-order valence-electron chi connectivity index (χ4n) is 3.72. The number of piperidine rings is 1. The number of carbonyl (C=O) groups is 1. The first-order valence-electron chi connectivity index (χ1n) is 10.0. The lowest BCUT2D eigenvalue weighted by molar-refractivity contribution is -0.136. The van der Waals surface area contributed by atoms with Gasteiger partial charge in [0, 0.05) is 25.6 Å². The third kappa shape index (κ3) is 5.21. The molecule has 0 saturated carbocycles. The Morgan fingerprint density at radius 3 is 2.52 bits per heavy atom. The number of carbonyl (C=O) groups excluding carboxylic acids is 1. The molecule has 1 fully saturated rings. The third-order valence-electron chi connectivity index (χ3n) is 5.68. The molecule has 0 spiro atoms. The highest BCUT2D eigenvalue weighted by molar-refractivity contribution is 5.77. The van der Waals surface area contributed by atoms with Gasteiger partial charge in [0.25, 0.3) is 5.56 Å². The van der Waals surface area contributed by atoms with Gasteiger partial charge in [-0.25, -0.2) is 4.98 Å². The van der Waals surface area contributed by atoms with Gasteiger partial charge in [-0.15, -0.1) is 0 Å². The number of aliphatic hydroxyl groups is 1. The molecule has 1 saturated heterocycles. The Morgan fingerprint density at radius 1 is 1.28 bits per heavy atom. The molecular weight excluding hydrogens is 366 g/mol. The summed E-state index contributed by atoms with van der Waals surface area (Å²) in [6.07, 6.45) is 2.79. The van der Waals surface area contributed by atoms with Crippen molar-refractivity contribution in [2.75, 3.05) is 13.1 Å². The molecule has 1 N–H and O–H groups in total. The van der Waals surface area contributed by atoms with Crippen molar-refractivity contribution in [1.29, 1.82) is 0 Å². The number of hydrogen-bond donors (Lipinski definition) is 1. The van der Waals surface area contributed by atoms with Crippen molar-refractivity contribution in [1.82, 2.24) is 14.5 Å². The van der Waals surface area contributed by atoms with E-state index in [1.165, 1.54) is 17.0 Å². The molecule has 2 heterocycles. The zero-order valence-electron chi connectivity index (χ0n) is 17.2. The summed E-state index contributed by atoms with van der Waals surface area (Å²) in [5.41, 5.74) is 1.22. The van der Waals surface area contributed by atoms with E-state index in [1.54, 1.807) is 6.92 Å². The van der Waals surface area contributed by atoms with Gasteiger partial charge in [-0.1, -0.05) is 43.8 Å². The normalized spacial score (nSPS) is 17.0. The summed E-state index contributed by atoms with van der Waals surface area (Å²) >= 11 is 0. The number of benzene rings is 1. The minimum Gasteiger partial charge on any atom is -0.388 e. The molecule has 1 aromatic carbocycles. The summed E-state index contributed by atoms with van der Waals surface area (Å²) < 4.78 is 1.43. The van der Waals surface area contributed by atoms with Gasteiger partial charge in [-0.2, -0.15) is 0 Å². The summed E-state index contributed by atoms with van der Waals surface area (Å²) in [7, 11) is 0. The first-order valence-corrected chi connectivity index (χ1v) is 10.0. The van der Waals surface area contributed by atoms with E-state index in [2.05, 4.69) is 18.5 Å². The van der Waals surface area contributed by atoms with Gasteiger partial charge in [0.15, 0.2) is 0 Å². The number of rotatable bonds is 6. The van der Waals surface area contributed by atoms with E-state index in [-0.39, 0.29) is 23.9 Å². The average Bonchev–Trinajstić information content (AvgIpc) is 2.70. The lowest BCUT2D eigenvalue weighted by atomic mass is 9.90. The first kappa shape index (κ1) is 21.0. The number of allylic oxidation sites excluding steroid dienone is 1. The number of hydrogen-bond acceptors (Lipinski definition) is 4. The molecule has 1 amide bonds. The van der Waals surface area contributed by atoms with Crippen LogP contribution in [0.3, 0.4) is 0 Å². The average molecular weight is 396 g/mol. The smallest absolute Gasteiger partial charge is 0.253 e. The van der Waals surface area contributed by atoms with Gasteiger partial charge in [0.05, 0.1) is 24.2 Å². The molecule has 2 aromatic rings. The molecule has 6 nitrogen and oxygen atoms in total. The fourth-order valence-corrected chi connectivity index (χ4v) is 3.72. The van der Waals surface area contributed by atoms with Gasteiger partial charge in [0.2, 0.25) is 5.91 Å². The zero-order chi connectivity index (χ0) is 21.0. The lowest BCUT2D eigenvalue weighted by Crippen LogP contribution is -2.49. The van der Waals surface area contributed by atoms with E-state index in [1.807, 2.05) is 35.2 Å². The molecular formula is C23H29N3O3. The van der Waals surface area contributed by atoms with Crippen molar-refractivity contribution >= 4 is 11.5 Å². The minimum atomic E-state index is -1.02. The quantitative estimate of drug-likeness (QED) is 0.816. The Labute approximate surface area is 171 Å². The van der Waals surface area contributed by atoms with E-state index < -0.39 is 5.60 Å². The Bertz CT molecular complexity index is 928. The summed E-state index contributed by atoms with van der Waals surface area (Å²) in [6, 6.07) is 11.5. The van der Waals surface area contributed by atoms with Crippen LogP contribution in [0.2, 0.25) is 0 Å². The number of amides is 1. The van der Waals surface area contributed by atoms with Crippen LogP contribution in [0.25, 0.3) is 5.57 Å². The topological polar surface area (TPSA) is 75.4 Å². The molecule has 1 aliphatic rings. The van der Waals surface area contributed by atoms with Gasteiger partial charge in [-0.3, -0.25) is 14.2 Å². The highest BCUT2D eigenvalue weighted by Crippen LogP contribution is 2.26. The van der Waals surface area contributed by atoms with Gasteiger partial charge in [-0.05, 0) is 36.8 Å². The van der Waals surface area contributed by atoms with Crippen molar-refractivity contribution in [3.63, 3.8) is 0 Å². The van der Waals surface area contributed by atoms with E-state index >= 15 is 0 Å². The molecule has 1 aromatic heterocycles. The molecule has 6 heteroatoms. The monoisotopic (exact) mass is 395 g/mol. The van der Waals surface area contributed by atoms with Crippen LogP contribution in [0.1, 0.15) is 50.3 Å². The summed E-state index contributed by atoms with van der Waals surface area (Å²) in [4.78, 5) is 31.0. The number of likely N-dealkylation sites (tertiary alicyclic amines) is 1. The first-order chi connectivity index (χ1) is 13.8. The molecule has 0 aliphatic carbocycles. The molecule has 1 aliphatic heterocycles. The van der Waals surface area contributed by atoms with E-state index in [4.69, 9.17) is 0 Å². The maximum atomic E-state index is 12.7. The molecule has 0 radical (unpaired) electrons. The summed E-state index contributed by atoms with van der Waals surface area (Å²) in [5, 5.41) is 10.9. The molecule has 0 bridgehead atoms. The summed E-state index contributed by atoms with van der Waals surface area (Å²) in [5.74, 6) is 0.258. The van der Waals surface area contributed by atoms with Crippen molar-refractivity contribution < 1.29 is 9.90 Å². The second kappa shape index (κ2) is 8.74. The Balaban J connectivity index is 1.57. The minimum absolute atomic E-state index is 0.105. The van der Waals surface area contributed by atoms with Crippen LogP contribution in [0.15, 0.2) is 54.1 Å². The van der Waals surface area contributed by atoms with Crippen molar-refractivity contribution in [2.24, 2.45) is 0 Å². The van der Waals surface area contributed by atoms with Crippen LogP contribution in [0.4, 0.5) is 0 Å². The predicted octanol–water partition coefficient (Wildman–Crippen LogP) is 2.82. The highest BCUT2D eigenvalue weighted by Gasteiger charge is 2.34. The van der Waals surface area contributed by atoms with Gasteiger partial charge < -0.3 is 10.0 Å². The predicted molar refractivity (Wildman–Crippen MR) is 113 cm³/mol. The maximum absolute atomic E-state index is 12.7. The fraction of sp³-hybridized carbons (Fsp3) is 0.435. The Hall–Kier alpha value is -2.73. The van der Waals surface area contributed by atoms with E-state index in [0.29, 0.717) is 38.0 Å². The lowest BCUT2D eigenvalue weighted by Gasteiger charge is -2.38. The van der Waals surface area contributed by atoms with Crippen molar-refractivity contribution in [3.8, 4) is 0 Å². The van der Waals surface area contributed by atoms with Gasteiger partial charge in [0.1, 0.15) is 0 Å². The second-order valence-corrected chi connectivity index (χ2v) is 8.14. The van der Waals surface area contributed by atoms with Crippen molar-refractivity contribution in [3.05, 3.63) is 70.9 Å². The third-order valence-corrected chi connectivity index (χ3v) is 5.68. The van der Waals surface area contributed by atoms with Crippen LogP contribution in [-0.4, -0.2) is 44.2 Å². The van der Waals surface area contributed by atoms with Crippen LogP contribution in [0, 0.1) is 0 Å². The molecule has 0 unspecified atom stereocenters. The largest absolute Gasteiger partial charge is 0.388 e. The zero-order valence-corrected chi connectivity index (χ0v) is 17.2. The summed E-state index contributed by atoms with van der Waals surface area (Å²) in [6.45, 7) is 8.80. The van der Waals surface area contributed by atoms with Crippen LogP contribution in [-0.2, 0) is 11.3 Å². The number of aromatic nitrogens is 2. The number of nitrogens with zero attached hydrogens (tertiary/aromatic N) is 3. The Morgan fingerprint density at radius 2 is 1.93 bits per heavy atom. The van der Waals surface area contributed by atoms with Crippen LogP contribution >= 0.6 is 0 Å². The van der Waals surface area contributed by atoms with Gasteiger partial charge >= 0.3 is 0 Å². The highest BCUT2D eigenvalue weighted by atomic mass is 16.3. The maximum Gasteiger partial charge on any atom is 0.253 e. The van der Waals surface area contributed by atoms with Crippen LogP contribution < -0.4 is 5.56 Å². The second-order valence-electron chi connectivity index (χ2n) is 8.14. The molecule has 3 rings (SSSR count). The molecule has 154 valence electrons. The molecule has 29 heavy (non-hydrogen) atoms. The molecule has 1 atom stereocenters. The van der Waals surface area contributed by atoms with E-state index in [9.17, 15) is 14.7 Å².